The number of hydrogen-bond donors (Lipinski definition) is 1. The number of nitrogens with zero attached hydrogens (tertiary/aromatic N) is 2. The molecule has 3 nitrogen and oxygen atoms in total. The molecule has 0 saturated carbocycles. The number of anilines is 2. The van der Waals surface area contributed by atoms with Crippen LogP contribution in [0.2, 0.25) is 0 Å². The van der Waals surface area contributed by atoms with Crippen molar-refractivity contribution in [3.05, 3.63) is 41.7 Å². The molecule has 1 aromatic heterocycles. The van der Waals surface area contributed by atoms with Crippen molar-refractivity contribution in [3.63, 3.8) is 0 Å². The van der Waals surface area contributed by atoms with Crippen LogP contribution in [-0.4, -0.2) is 9.55 Å². The molecule has 0 spiro atoms. The zero-order valence-corrected chi connectivity index (χ0v) is 10.7. The SMILES string of the molecule is CCCn1cc(C)nc1Nc1cccc(C)c1. The van der Waals surface area contributed by atoms with Crippen molar-refractivity contribution in [1.82, 2.24) is 9.55 Å². The van der Waals surface area contributed by atoms with Gasteiger partial charge in [0, 0.05) is 18.4 Å². The lowest BCUT2D eigenvalue weighted by Gasteiger charge is -2.09. The van der Waals surface area contributed by atoms with Crippen LogP contribution in [0.4, 0.5) is 11.6 Å². The molecule has 0 radical (unpaired) electrons. The molecule has 0 atom stereocenters. The number of rotatable bonds is 4. The minimum atomic E-state index is 0.926. The van der Waals surface area contributed by atoms with Gasteiger partial charge in [0.1, 0.15) is 0 Å². The van der Waals surface area contributed by atoms with E-state index in [0.717, 1.165) is 30.3 Å². The Balaban J connectivity index is 2.23. The Morgan fingerprint density at radius 1 is 1.29 bits per heavy atom. The van der Waals surface area contributed by atoms with E-state index < -0.39 is 0 Å². The molecule has 0 bridgehead atoms. The fraction of sp³-hybridized carbons (Fsp3) is 0.357. The molecule has 2 aromatic rings. The molecule has 0 amide bonds. The number of hydrogen-bond acceptors (Lipinski definition) is 2. The summed E-state index contributed by atoms with van der Waals surface area (Å²) in [5.74, 6) is 0.926. The fourth-order valence-electron chi connectivity index (χ4n) is 1.91. The lowest BCUT2D eigenvalue weighted by molar-refractivity contribution is 0.686. The minimum absolute atomic E-state index is 0.926. The standard InChI is InChI=1S/C14H19N3/c1-4-8-17-10-12(3)15-14(17)16-13-7-5-6-11(2)9-13/h5-7,9-10H,4,8H2,1-3H3,(H,15,16). The molecule has 2 rings (SSSR count). The molecule has 0 unspecified atom stereocenters. The molecule has 17 heavy (non-hydrogen) atoms. The Labute approximate surface area is 103 Å². The highest BCUT2D eigenvalue weighted by Gasteiger charge is 2.04. The largest absolute Gasteiger partial charge is 0.326 e. The van der Waals surface area contributed by atoms with Crippen LogP contribution in [-0.2, 0) is 6.54 Å². The molecule has 0 saturated heterocycles. The van der Waals surface area contributed by atoms with E-state index in [1.807, 2.05) is 6.92 Å². The van der Waals surface area contributed by atoms with Gasteiger partial charge in [0.2, 0.25) is 5.95 Å². The number of aromatic nitrogens is 2. The zero-order chi connectivity index (χ0) is 12.3. The van der Waals surface area contributed by atoms with Gasteiger partial charge in [-0.1, -0.05) is 19.1 Å². The number of aryl methyl sites for hydroxylation is 3. The van der Waals surface area contributed by atoms with E-state index in [1.165, 1.54) is 5.56 Å². The van der Waals surface area contributed by atoms with Crippen LogP contribution >= 0.6 is 0 Å². The fourth-order valence-corrected chi connectivity index (χ4v) is 1.91. The third-order valence-corrected chi connectivity index (χ3v) is 2.64. The first-order valence-electron chi connectivity index (χ1n) is 6.06. The summed E-state index contributed by atoms with van der Waals surface area (Å²) in [4.78, 5) is 4.51. The summed E-state index contributed by atoms with van der Waals surface area (Å²) in [6, 6.07) is 8.33. The molecule has 3 heteroatoms. The summed E-state index contributed by atoms with van der Waals surface area (Å²) in [5.41, 5.74) is 3.39. The van der Waals surface area contributed by atoms with E-state index in [-0.39, 0.29) is 0 Å². The normalized spacial score (nSPS) is 10.5. The van der Waals surface area contributed by atoms with Crippen LogP contribution in [0.25, 0.3) is 0 Å². The Kier molecular flexibility index (Phi) is 3.47. The zero-order valence-electron chi connectivity index (χ0n) is 10.7. The first kappa shape index (κ1) is 11.7. The summed E-state index contributed by atoms with van der Waals surface area (Å²) in [6.45, 7) is 7.28. The first-order valence-corrected chi connectivity index (χ1v) is 6.06. The first-order chi connectivity index (χ1) is 8.19. The highest BCUT2D eigenvalue weighted by atomic mass is 15.2. The lowest BCUT2D eigenvalue weighted by Crippen LogP contribution is -2.02. The van der Waals surface area contributed by atoms with E-state index in [4.69, 9.17) is 0 Å². The van der Waals surface area contributed by atoms with Crippen LogP contribution in [0.15, 0.2) is 30.5 Å². The second kappa shape index (κ2) is 5.04. The Bertz CT molecular complexity index is 500. The summed E-state index contributed by atoms with van der Waals surface area (Å²) in [5, 5.41) is 3.37. The van der Waals surface area contributed by atoms with Crippen molar-refractivity contribution in [3.8, 4) is 0 Å². The summed E-state index contributed by atoms with van der Waals surface area (Å²) < 4.78 is 2.16. The van der Waals surface area contributed by atoms with Gasteiger partial charge in [0.15, 0.2) is 0 Å². The van der Waals surface area contributed by atoms with E-state index >= 15 is 0 Å². The molecular weight excluding hydrogens is 210 g/mol. The van der Waals surface area contributed by atoms with Crippen molar-refractivity contribution < 1.29 is 0 Å². The van der Waals surface area contributed by atoms with Gasteiger partial charge in [0.05, 0.1) is 5.69 Å². The van der Waals surface area contributed by atoms with Gasteiger partial charge in [-0.3, -0.25) is 0 Å². The van der Waals surface area contributed by atoms with Crippen LogP contribution in [0, 0.1) is 13.8 Å². The maximum Gasteiger partial charge on any atom is 0.207 e. The van der Waals surface area contributed by atoms with E-state index in [9.17, 15) is 0 Å². The predicted octanol–water partition coefficient (Wildman–Crippen LogP) is 3.65. The molecule has 1 aromatic carbocycles. The second-order valence-electron chi connectivity index (χ2n) is 4.39. The summed E-state index contributed by atoms with van der Waals surface area (Å²) in [6.07, 6.45) is 3.19. The molecule has 0 fully saturated rings. The van der Waals surface area contributed by atoms with Crippen molar-refractivity contribution in [2.24, 2.45) is 0 Å². The Morgan fingerprint density at radius 3 is 2.82 bits per heavy atom. The van der Waals surface area contributed by atoms with Crippen LogP contribution in [0.5, 0.6) is 0 Å². The molecular formula is C14H19N3. The third-order valence-electron chi connectivity index (χ3n) is 2.64. The molecule has 0 aliphatic carbocycles. The highest BCUT2D eigenvalue weighted by molar-refractivity contribution is 5.54. The summed E-state index contributed by atoms with van der Waals surface area (Å²) in [7, 11) is 0. The van der Waals surface area contributed by atoms with Crippen molar-refractivity contribution >= 4 is 11.6 Å². The van der Waals surface area contributed by atoms with Gasteiger partial charge >= 0.3 is 0 Å². The third kappa shape index (κ3) is 2.87. The number of benzene rings is 1. The average Bonchev–Trinajstić information content (AvgIpc) is 2.59. The van der Waals surface area contributed by atoms with E-state index in [0.29, 0.717) is 0 Å². The Hall–Kier alpha value is -1.77. The highest BCUT2D eigenvalue weighted by Crippen LogP contribution is 2.17. The van der Waals surface area contributed by atoms with Crippen LogP contribution in [0.1, 0.15) is 24.6 Å². The van der Waals surface area contributed by atoms with E-state index in [1.54, 1.807) is 0 Å². The van der Waals surface area contributed by atoms with Gasteiger partial charge in [-0.2, -0.15) is 0 Å². The molecule has 0 aliphatic rings. The molecule has 0 aliphatic heterocycles. The average molecular weight is 229 g/mol. The predicted molar refractivity (Wildman–Crippen MR) is 71.7 cm³/mol. The van der Waals surface area contributed by atoms with Crippen molar-refractivity contribution in [2.75, 3.05) is 5.32 Å². The second-order valence-corrected chi connectivity index (χ2v) is 4.39. The van der Waals surface area contributed by atoms with E-state index in [2.05, 4.69) is 59.2 Å². The van der Waals surface area contributed by atoms with Gasteiger partial charge in [-0.25, -0.2) is 4.98 Å². The Morgan fingerprint density at radius 2 is 2.12 bits per heavy atom. The van der Waals surface area contributed by atoms with Gasteiger partial charge in [-0.15, -0.1) is 0 Å². The molecule has 1 N–H and O–H groups in total. The van der Waals surface area contributed by atoms with Crippen LogP contribution in [0.3, 0.4) is 0 Å². The quantitative estimate of drug-likeness (QED) is 0.867. The maximum atomic E-state index is 4.51. The molecule has 90 valence electrons. The minimum Gasteiger partial charge on any atom is -0.326 e. The maximum absolute atomic E-state index is 4.51. The number of nitrogens with one attached hydrogen (secondary N) is 1. The van der Waals surface area contributed by atoms with Crippen LogP contribution < -0.4 is 5.32 Å². The lowest BCUT2D eigenvalue weighted by atomic mass is 10.2. The van der Waals surface area contributed by atoms with Crippen molar-refractivity contribution in [1.29, 1.82) is 0 Å². The van der Waals surface area contributed by atoms with Gasteiger partial charge in [-0.05, 0) is 38.0 Å². The van der Waals surface area contributed by atoms with Crippen molar-refractivity contribution in [2.45, 2.75) is 33.7 Å². The monoisotopic (exact) mass is 229 g/mol. The molecule has 1 heterocycles. The van der Waals surface area contributed by atoms with Gasteiger partial charge in [0.25, 0.3) is 0 Å². The van der Waals surface area contributed by atoms with Gasteiger partial charge < -0.3 is 9.88 Å². The smallest absolute Gasteiger partial charge is 0.207 e. The topological polar surface area (TPSA) is 29.9 Å². The number of imidazole rings is 1. The summed E-state index contributed by atoms with van der Waals surface area (Å²) >= 11 is 0.